The minimum atomic E-state index is -2.61. The fourth-order valence-corrected chi connectivity index (χ4v) is 2.57. The van der Waals surface area contributed by atoms with Crippen LogP contribution in [-0.2, 0) is 4.79 Å². The van der Waals surface area contributed by atoms with Gasteiger partial charge in [-0.25, -0.2) is 0 Å². The van der Waals surface area contributed by atoms with E-state index in [1.165, 1.54) is 0 Å². The van der Waals surface area contributed by atoms with Crippen LogP contribution < -0.4 is 11.1 Å². The number of hydrogen-bond acceptors (Lipinski definition) is 7. The second kappa shape index (κ2) is 8.24. The average molecular weight is 440 g/mol. The number of aliphatic hydroxyl groups is 4. The summed E-state index contributed by atoms with van der Waals surface area (Å²) >= 11 is 7.04. The molecular weight excluding hydrogens is 423 g/mol. The first-order valence-corrected chi connectivity index (χ1v) is 7.75. The number of thiocarbonyl (C=S) groups is 1. The van der Waals surface area contributed by atoms with Gasteiger partial charge in [-0.2, -0.15) is 0 Å². The number of ketones is 1. The third-order valence-corrected chi connectivity index (χ3v) is 4.39. The highest BCUT2D eigenvalue weighted by molar-refractivity contribution is 14.1. The first kappa shape index (κ1) is 19.4. The molecule has 0 saturated heterocycles. The maximum Gasteiger partial charge on any atom is 0.203 e. The molecule has 0 bridgehead atoms. The zero-order valence-corrected chi connectivity index (χ0v) is 14.4. The monoisotopic (exact) mass is 440 g/mol. The summed E-state index contributed by atoms with van der Waals surface area (Å²) in [5, 5.41) is 41.1. The molecule has 122 valence electrons. The molecular formula is C13H17IN2O5S. The Bertz CT molecular complexity index is 559. The molecule has 7 N–H and O–H groups in total. The van der Waals surface area contributed by atoms with Gasteiger partial charge in [0.2, 0.25) is 5.60 Å². The highest BCUT2D eigenvalue weighted by Crippen LogP contribution is 2.22. The van der Waals surface area contributed by atoms with Gasteiger partial charge in [0.15, 0.2) is 5.78 Å². The molecule has 0 radical (unpaired) electrons. The van der Waals surface area contributed by atoms with E-state index in [4.69, 9.17) is 28.2 Å². The second-order valence-corrected chi connectivity index (χ2v) is 6.12. The van der Waals surface area contributed by atoms with Crippen LogP contribution in [-0.4, -0.2) is 62.2 Å². The highest BCUT2D eigenvalue weighted by atomic mass is 127. The summed E-state index contributed by atoms with van der Waals surface area (Å²) in [6.45, 7) is -1.64. The number of halogens is 1. The standard InChI is InChI=1S/C13H17IN2O5S/c14-7-3-1-2-4-9(7)16-12(22)13(21,10(19)6-18)11(20)8(15)5-17/h1-4,8,10,17-19,21H,5-6,15H2,(H,16,22)/t8-,10+,13-/m0/s1. The van der Waals surface area contributed by atoms with Crippen LogP contribution in [0.25, 0.3) is 0 Å². The lowest BCUT2D eigenvalue weighted by atomic mass is 9.87. The molecule has 1 rings (SSSR count). The lowest BCUT2D eigenvalue weighted by Crippen LogP contribution is -2.63. The van der Waals surface area contributed by atoms with E-state index in [-0.39, 0.29) is 0 Å². The van der Waals surface area contributed by atoms with Gasteiger partial charge in [-0.1, -0.05) is 24.4 Å². The predicted octanol–water partition coefficient (Wildman–Crippen LogP) is -0.996. The summed E-state index contributed by atoms with van der Waals surface area (Å²) in [6.07, 6.45) is -1.88. The Balaban J connectivity index is 3.14. The normalized spacial score (nSPS) is 16.5. The molecule has 0 spiro atoms. The number of carbonyl (C=O) groups excluding carboxylic acids is 1. The molecule has 7 nitrogen and oxygen atoms in total. The number of aliphatic hydroxyl groups excluding tert-OH is 3. The van der Waals surface area contributed by atoms with Gasteiger partial charge in [-0.3, -0.25) is 4.79 Å². The van der Waals surface area contributed by atoms with Gasteiger partial charge in [0.1, 0.15) is 11.1 Å². The predicted molar refractivity (Wildman–Crippen MR) is 93.5 cm³/mol. The van der Waals surface area contributed by atoms with Gasteiger partial charge < -0.3 is 31.5 Å². The van der Waals surface area contributed by atoms with Crippen molar-refractivity contribution in [3.05, 3.63) is 27.8 Å². The van der Waals surface area contributed by atoms with Crippen molar-refractivity contribution in [1.29, 1.82) is 0 Å². The first-order chi connectivity index (χ1) is 10.3. The third-order valence-electron chi connectivity index (χ3n) is 3.03. The van der Waals surface area contributed by atoms with Crippen LogP contribution in [0.3, 0.4) is 0 Å². The SMILES string of the molecule is N[C@@H](CO)C(=O)[C@](O)(C(=S)Nc1ccccc1I)[C@H](O)CO. The van der Waals surface area contributed by atoms with Gasteiger partial charge in [0.05, 0.1) is 24.9 Å². The molecule has 1 aromatic rings. The number of Topliss-reactive ketones (excluding diaryl/α,β-unsaturated/α-hetero) is 1. The van der Waals surface area contributed by atoms with Gasteiger partial charge in [0, 0.05) is 3.57 Å². The summed E-state index contributed by atoms with van der Waals surface area (Å²) in [5.74, 6) is -1.08. The number of carbonyl (C=O) groups is 1. The molecule has 22 heavy (non-hydrogen) atoms. The summed E-state index contributed by atoms with van der Waals surface area (Å²) in [4.78, 5) is 11.8. The molecule has 0 aliphatic carbocycles. The highest BCUT2D eigenvalue weighted by Gasteiger charge is 2.49. The van der Waals surface area contributed by atoms with Crippen molar-refractivity contribution < 1.29 is 25.2 Å². The largest absolute Gasteiger partial charge is 0.394 e. The zero-order chi connectivity index (χ0) is 16.9. The van der Waals surface area contributed by atoms with Crippen LogP contribution >= 0.6 is 34.8 Å². The van der Waals surface area contributed by atoms with Crippen molar-refractivity contribution in [2.75, 3.05) is 18.5 Å². The Morgan fingerprint density at radius 1 is 1.36 bits per heavy atom. The molecule has 1 aromatic carbocycles. The summed E-state index contributed by atoms with van der Waals surface area (Å²) < 4.78 is 0.766. The molecule has 0 unspecified atom stereocenters. The lowest BCUT2D eigenvalue weighted by Gasteiger charge is -2.33. The smallest absolute Gasteiger partial charge is 0.203 e. The van der Waals surface area contributed by atoms with E-state index in [9.17, 15) is 15.0 Å². The van der Waals surface area contributed by atoms with E-state index in [1.807, 2.05) is 22.6 Å². The van der Waals surface area contributed by atoms with Crippen molar-refractivity contribution in [2.24, 2.45) is 5.73 Å². The average Bonchev–Trinajstić information content (AvgIpc) is 2.53. The van der Waals surface area contributed by atoms with Gasteiger partial charge in [0.25, 0.3) is 0 Å². The maximum atomic E-state index is 12.2. The van der Waals surface area contributed by atoms with Gasteiger partial charge in [-0.05, 0) is 34.7 Å². The number of anilines is 1. The Hall–Kier alpha value is -0.690. The van der Waals surface area contributed by atoms with Crippen molar-refractivity contribution in [2.45, 2.75) is 17.7 Å². The molecule has 0 aliphatic rings. The van der Waals surface area contributed by atoms with Crippen molar-refractivity contribution in [3.8, 4) is 0 Å². The van der Waals surface area contributed by atoms with E-state index < -0.39 is 41.7 Å². The van der Waals surface area contributed by atoms with Crippen LogP contribution in [0.1, 0.15) is 0 Å². The van der Waals surface area contributed by atoms with Gasteiger partial charge in [-0.15, -0.1) is 0 Å². The molecule has 0 aliphatic heterocycles. The molecule has 3 atom stereocenters. The fraction of sp³-hybridized carbons (Fsp3) is 0.385. The Labute approximate surface area is 146 Å². The number of nitrogens with two attached hydrogens (primary N) is 1. The van der Waals surface area contributed by atoms with Crippen molar-refractivity contribution in [1.82, 2.24) is 0 Å². The zero-order valence-electron chi connectivity index (χ0n) is 11.4. The van der Waals surface area contributed by atoms with E-state index >= 15 is 0 Å². The first-order valence-electron chi connectivity index (χ1n) is 6.27. The topological polar surface area (TPSA) is 136 Å². The summed E-state index contributed by atoms with van der Waals surface area (Å²) in [5.41, 5.74) is 3.32. The van der Waals surface area contributed by atoms with Crippen LogP contribution in [0.4, 0.5) is 5.69 Å². The Kier molecular flexibility index (Phi) is 7.25. The molecule has 0 amide bonds. The summed E-state index contributed by atoms with van der Waals surface area (Å²) in [6, 6.07) is 5.50. The van der Waals surface area contributed by atoms with E-state index in [0.29, 0.717) is 5.69 Å². The quantitative estimate of drug-likeness (QED) is 0.235. The maximum absolute atomic E-state index is 12.2. The molecule has 0 saturated carbocycles. The number of rotatable bonds is 7. The summed E-state index contributed by atoms with van der Waals surface area (Å²) in [7, 11) is 0. The molecule has 0 fully saturated rings. The van der Waals surface area contributed by atoms with Crippen LogP contribution in [0.15, 0.2) is 24.3 Å². The molecule has 0 aromatic heterocycles. The van der Waals surface area contributed by atoms with Crippen molar-refractivity contribution >= 4 is 51.3 Å². The van der Waals surface area contributed by atoms with Crippen LogP contribution in [0.2, 0.25) is 0 Å². The third kappa shape index (κ3) is 3.98. The van der Waals surface area contributed by atoms with Crippen LogP contribution in [0, 0.1) is 3.57 Å². The Morgan fingerprint density at radius 2 is 1.95 bits per heavy atom. The minimum Gasteiger partial charge on any atom is -0.394 e. The van der Waals surface area contributed by atoms with Crippen LogP contribution in [0.5, 0.6) is 0 Å². The number of benzene rings is 1. The number of para-hydroxylation sites is 1. The van der Waals surface area contributed by atoms with Gasteiger partial charge >= 0.3 is 0 Å². The number of nitrogens with one attached hydrogen (secondary N) is 1. The van der Waals surface area contributed by atoms with Crippen molar-refractivity contribution in [3.63, 3.8) is 0 Å². The lowest BCUT2D eigenvalue weighted by molar-refractivity contribution is -0.144. The minimum absolute atomic E-state index is 0.410. The Morgan fingerprint density at radius 3 is 2.45 bits per heavy atom. The molecule has 9 heteroatoms. The second-order valence-electron chi connectivity index (χ2n) is 4.55. The van der Waals surface area contributed by atoms with E-state index in [0.717, 1.165) is 3.57 Å². The number of hydrogen-bond donors (Lipinski definition) is 6. The molecule has 0 heterocycles. The fourth-order valence-electron chi connectivity index (χ4n) is 1.71. The van der Waals surface area contributed by atoms with E-state index in [2.05, 4.69) is 5.32 Å². The van der Waals surface area contributed by atoms with E-state index in [1.54, 1.807) is 24.3 Å².